The Morgan fingerprint density at radius 3 is 2.19 bits per heavy atom. The van der Waals surface area contributed by atoms with E-state index in [9.17, 15) is 4.39 Å². The van der Waals surface area contributed by atoms with Crippen LogP contribution in [0.5, 0.6) is 0 Å². The third kappa shape index (κ3) is 3.51. The molecule has 2 heteroatoms. The molecule has 2 aromatic carbocycles. The minimum atomic E-state index is -0.168. The third-order valence-corrected chi connectivity index (χ3v) is 4.33. The van der Waals surface area contributed by atoms with Crippen LogP contribution in [0, 0.1) is 5.82 Å². The van der Waals surface area contributed by atoms with Crippen molar-refractivity contribution in [3.8, 4) is 11.1 Å². The van der Waals surface area contributed by atoms with Gasteiger partial charge in [-0.1, -0.05) is 44.2 Å². The zero-order valence-electron chi connectivity index (χ0n) is 13.3. The molecular weight excluding hydrogens is 261 g/mol. The van der Waals surface area contributed by atoms with Crippen molar-refractivity contribution in [1.29, 1.82) is 0 Å². The van der Waals surface area contributed by atoms with Gasteiger partial charge >= 0.3 is 0 Å². The summed E-state index contributed by atoms with van der Waals surface area (Å²) in [5, 5.41) is 3.19. The second kappa shape index (κ2) is 6.86. The van der Waals surface area contributed by atoms with Gasteiger partial charge in [0.1, 0.15) is 5.82 Å². The summed E-state index contributed by atoms with van der Waals surface area (Å²) in [5.41, 5.74) is 4.01. The van der Waals surface area contributed by atoms with E-state index in [1.54, 1.807) is 6.07 Å². The van der Waals surface area contributed by atoms with E-state index in [-0.39, 0.29) is 11.9 Å². The largest absolute Gasteiger partial charge is 0.313 e. The maximum absolute atomic E-state index is 14.1. The average molecular weight is 285 g/mol. The Morgan fingerprint density at radius 2 is 1.62 bits per heavy atom. The van der Waals surface area contributed by atoms with Crippen molar-refractivity contribution < 1.29 is 4.39 Å². The molecule has 2 aromatic rings. The topological polar surface area (TPSA) is 12.0 Å². The Balaban J connectivity index is 2.37. The standard InChI is InChI=1S/C19H24FN/c1-5-13(2)15-6-8-16(9-7-15)18-12-17(14(3)21-4)10-11-19(18)20/h6-14,21H,5H2,1-4H3. The molecule has 0 spiro atoms. The molecule has 112 valence electrons. The van der Waals surface area contributed by atoms with E-state index in [0.29, 0.717) is 11.5 Å². The van der Waals surface area contributed by atoms with Gasteiger partial charge in [0, 0.05) is 11.6 Å². The second-order valence-electron chi connectivity index (χ2n) is 5.68. The second-order valence-corrected chi connectivity index (χ2v) is 5.68. The highest BCUT2D eigenvalue weighted by Crippen LogP contribution is 2.28. The van der Waals surface area contributed by atoms with Crippen LogP contribution in [0.2, 0.25) is 0 Å². The van der Waals surface area contributed by atoms with Crippen LogP contribution in [0.3, 0.4) is 0 Å². The molecule has 21 heavy (non-hydrogen) atoms. The Morgan fingerprint density at radius 1 is 1.00 bits per heavy atom. The molecule has 2 unspecified atom stereocenters. The fourth-order valence-electron chi connectivity index (χ4n) is 2.43. The number of nitrogens with one attached hydrogen (secondary N) is 1. The van der Waals surface area contributed by atoms with Crippen LogP contribution in [0.25, 0.3) is 11.1 Å². The highest BCUT2D eigenvalue weighted by atomic mass is 19.1. The molecule has 0 amide bonds. The molecule has 0 aromatic heterocycles. The highest BCUT2D eigenvalue weighted by Gasteiger charge is 2.10. The summed E-state index contributed by atoms with van der Waals surface area (Å²) >= 11 is 0. The zero-order valence-corrected chi connectivity index (χ0v) is 13.3. The van der Waals surface area contributed by atoms with E-state index in [1.807, 2.05) is 31.3 Å². The van der Waals surface area contributed by atoms with Gasteiger partial charge in [-0.05, 0) is 55.1 Å². The smallest absolute Gasteiger partial charge is 0.131 e. The van der Waals surface area contributed by atoms with Gasteiger partial charge in [0.25, 0.3) is 0 Å². The maximum atomic E-state index is 14.1. The number of hydrogen-bond acceptors (Lipinski definition) is 1. The number of hydrogen-bond donors (Lipinski definition) is 1. The van der Waals surface area contributed by atoms with E-state index in [2.05, 4.69) is 38.2 Å². The van der Waals surface area contributed by atoms with Crippen LogP contribution in [0.1, 0.15) is 50.3 Å². The summed E-state index contributed by atoms with van der Waals surface area (Å²) < 4.78 is 14.1. The first-order valence-corrected chi connectivity index (χ1v) is 7.63. The first kappa shape index (κ1) is 15.7. The van der Waals surface area contributed by atoms with Gasteiger partial charge in [-0.15, -0.1) is 0 Å². The van der Waals surface area contributed by atoms with Crippen molar-refractivity contribution in [1.82, 2.24) is 5.32 Å². The third-order valence-electron chi connectivity index (χ3n) is 4.33. The number of halogens is 1. The predicted molar refractivity (Wildman–Crippen MR) is 88.0 cm³/mol. The van der Waals surface area contributed by atoms with Gasteiger partial charge in [-0.2, -0.15) is 0 Å². The lowest BCUT2D eigenvalue weighted by molar-refractivity contribution is 0.622. The van der Waals surface area contributed by atoms with Crippen LogP contribution < -0.4 is 5.32 Å². The van der Waals surface area contributed by atoms with E-state index in [4.69, 9.17) is 0 Å². The lowest BCUT2D eigenvalue weighted by Gasteiger charge is -2.14. The molecule has 0 aliphatic heterocycles. The Bertz CT molecular complexity index is 589. The molecule has 0 radical (unpaired) electrons. The molecule has 0 fully saturated rings. The van der Waals surface area contributed by atoms with Crippen LogP contribution >= 0.6 is 0 Å². The molecule has 1 nitrogen and oxygen atoms in total. The molecule has 2 atom stereocenters. The van der Waals surface area contributed by atoms with Crippen LogP contribution in [-0.2, 0) is 0 Å². The van der Waals surface area contributed by atoms with Crippen LogP contribution in [0.15, 0.2) is 42.5 Å². The zero-order chi connectivity index (χ0) is 15.4. The molecule has 0 aliphatic rings. The monoisotopic (exact) mass is 285 g/mol. The van der Waals surface area contributed by atoms with Gasteiger partial charge < -0.3 is 5.32 Å². The highest BCUT2D eigenvalue weighted by molar-refractivity contribution is 5.65. The molecule has 0 bridgehead atoms. The lowest BCUT2D eigenvalue weighted by Crippen LogP contribution is -2.12. The molecule has 1 N–H and O–H groups in total. The Labute approximate surface area is 127 Å². The van der Waals surface area contributed by atoms with E-state index in [0.717, 1.165) is 17.5 Å². The molecule has 0 saturated carbocycles. The van der Waals surface area contributed by atoms with E-state index in [1.165, 1.54) is 5.56 Å². The summed E-state index contributed by atoms with van der Waals surface area (Å²) in [6, 6.07) is 13.8. The summed E-state index contributed by atoms with van der Waals surface area (Å²) in [6.45, 7) is 6.47. The molecular formula is C19H24FN. The molecule has 0 heterocycles. The minimum Gasteiger partial charge on any atom is -0.313 e. The molecule has 2 rings (SSSR count). The van der Waals surface area contributed by atoms with Gasteiger partial charge in [0.05, 0.1) is 0 Å². The van der Waals surface area contributed by atoms with Gasteiger partial charge in [0.2, 0.25) is 0 Å². The van der Waals surface area contributed by atoms with Gasteiger partial charge in [-0.25, -0.2) is 4.39 Å². The maximum Gasteiger partial charge on any atom is 0.131 e. The molecule has 0 saturated heterocycles. The summed E-state index contributed by atoms with van der Waals surface area (Å²) in [4.78, 5) is 0. The summed E-state index contributed by atoms with van der Waals surface area (Å²) in [6.07, 6.45) is 1.11. The Hall–Kier alpha value is -1.67. The van der Waals surface area contributed by atoms with Crippen LogP contribution in [-0.4, -0.2) is 7.05 Å². The lowest BCUT2D eigenvalue weighted by atomic mass is 9.94. The SMILES string of the molecule is CCC(C)c1ccc(-c2cc(C(C)NC)ccc2F)cc1. The minimum absolute atomic E-state index is 0.168. The van der Waals surface area contributed by atoms with Crippen LogP contribution in [0.4, 0.5) is 4.39 Å². The average Bonchev–Trinajstić information content (AvgIpc) is 2.54. The van der Waals surface area contributed by atoms with Crippen molar-refractivity contribution in [2.75, 3.05) is 7.05 Å². The van der Waals surface area contributed by atoms with Crippen molar-refractivity contribution >= 4 is 0 Å². The fourth-order valence-corrected chi connectivity index (χ4v) is 2.43. The van der Waals surface area contributed by atoms with Crippen molar-refractivity contribution in [3.05, 3.63) is 59.4 Å². The van der Waals surface area contributed by atoms with Crippen molar-refractivity contribution in [2.45, 2.75) is 39.2 Å². The number of rotatable bonds is 5. The van der Waals surface area contributed by atoms with Gasteiger partial charge in [-0.3, -0.25) is 0 Å². The Kier molecular flexibility index (Phi) is 5.13. The fraction of sp³-hybridized carbons (Fsp3) is 0.368. The first-order valence-electron chi connectivity index (χ1n) is 7.63. The van der Waals surface area contributed by atoms with Gasteiger partial charge in [0.15, 0.2) is 0 Å². The molecule has 0 aliphatic carbocycles. The quantitative estimate of drug-likeness (QED) is 0.787. The van der Waals surface area contributed by atoms with Crippen molar-refractivity contribution in [3.63, 3.8) is 0 Å². The summed E-state index contributed by atoms with van der Waals surface area (Å²) in [5.74, 6) is 0.373. The van der Waals surface area contributed by atoms with Crippen molar-refractivity contribution in [2.24, 2.45) is 0 Å². The first-order chi connectivity index (χ1) is 10.1. The van der Waals surface area contributed by atoms with E-state index >= 15 is 0 Å². The predicted octanol–water partition coefficient (Wildman–Crippen LogP) is 5.29. The normalized spacial score (nSPS) is 14.0. The summed E-state index contributed by atoms with van der Waals surface area (Å²) in [7, 11) is 1.91. The number of benzene rings is 2. The van der Waals surface area contributed by atoms with E-state index < -0.39 is 0 Å².